The van der Waals surface area contributed by atoms with E-state index in [0.29, 0.717) is 23.2 Å². The summed E-state index contributed by atoms with van der Waals surface area (Å²) in [6.45, 7) is 5.00. The lowest BCUT2D eigenvalue weighted by Crippen LogP contribution is -2.27. The Hall–Kier alpha value is -1.34. The number of carbonyl (C=O) groups excluding carboxylic acids is 1. The first-order valence-corrected chi connectivity index (χ1v) is 10.4. The average molecular weight is 366 g/mol. The van der Waals surface area contributed by atoms with Crippen LogP contribution in [0.1, 0.15) is 43.0 Å². The molecular weight excluding hydrogens is 342 g/mol. The third kappa shape index (κ3) is 4.00. The normalized spacial score (nSPS) is 13.6. The Morgan fingerprint density at radius 3 is 3.04 bits per heavy atom. The zero-order chi connectivity index (χ0) is 17.1. The molecular formula is C17H23N3O2S2. The van der Waals surface area contributed by atoms with Crippen LogP contribution in [-0.2, 0) is 23.4 Å². The molecule has 0 atom stereocenters. The van der Waals surface area contributed by atoms with Crippen LogP contribution in [0.2, 0.25) is 0 Å². The fourth-order valence-electron chi connectivity index (χ4n) is 2.91. The molecule has 2 heterocycles. The number of nitrogens with zero attached hydrogens (tertiary/aromatic N) is 1. The van der Waals surface area contributed by atoms with E-state index in [1.165, 1.54) is 22.2 Å². The van der Waals surface area contributed by atoms with Gasteiger partial charge in [0.25, 0.3) is 5.56 Å². The van der Waals surface area contributed by atoms with E-state index in [2.05, 4.69) is 29.1 Å². The quantitative estimate of drug-likeness (QED) is 0.791. The van der Waals surface area contributed by atoms with Crippen LogP contribution in [0.5, 0.6) is 0 Å². The van der Waals surface area contributed by atoms with Crippen LogP contribution in [0.3, 0.4) is 0 Å². The van der Waals surface area contributed by atoms with Crippen molar-refractivity contribution in [3.05, 3.63) is 26.6 Å². The van der Waals surface area contributed by atoms with Crippen molar-refractivity contribution < 1.29 is 4.79 Å². The third-order valence-electron chi connectivity index (χ3n) is 4.14. The van der Waals surface area contributed by atoms with E-state index >= 15 is 0 Å². The van der Waals surface area contributed by atoms with Crippen molar-refractivity contribution in [2.45, 2.75) is 45.3 Å². The zero-order valence-corrected chi connectivity index (χ0v) is 15.7. The number of hydrogen-bond acceptors (Lipinski definition) is 5. The predicted octanol–water partition coefficient (Wildman–Crippen LogP) is 2.87. The minimum Gasteiger partial charge on any atom is -0.355 e. The summed E-state index contributed by atoms with van der Waals surface area (Å²) in [7, 11) is 0. The van der Waals surface area contributed by atoms with E-state index in [9.17, 15) is 9.59 Å². The minimum absolute atomic E-state index is 0.0311. The molecule has 0 fully saturated rings. The van der Waals surface area contributed by atoms with E-state index < -0.39 is 0 Å². The number of nitrogens with one attached hydrogen (secondary N) is 2. The lowest BCUT2D eigenvalue weighted by molar-refractivity contribution is -0.118. The van der Waals surface area contributed by atoms with Gasteiger partial charge in [0.1, 0.15) is 10.7 Å². The number of fused-ring (bicyclic) bond motifs is 3. The van der Waals surface area contributed by atoms with E-state index in [4.69, 9.17) is 0 Å². The topological polar surface area (TPSA) is 74.8 Å². The molecule has 130 valence electrons. The van der Waals surface area contributed by atoms with Crippen LogP contribution >= 0.6 is 23.1 Å². The summed E-state index contributed by atoms with van der Waals surface area (Å²) in [5.74, 6) is 2.23. The lowest BCUT2D eigenvalue weighted by atomic mass is 10.1. The standard InChI is InChI=1S/C17H23N3O2S2/c1-10(2)6-7-18-14(21)9-23-8-13-19-16(22)15-11-4-3-5-12(11)24-17(15)20-13/h10H,3-9H2,1-2H3,(H,18,21)(H,19,20,22). The van der Waals surface area contributed by atoms with E-state index in [1.54, 1.807) is 11.3 Å². The van der Waals surface area contributed by atoms with Crippen LogP contribution in [-0.4, -0.2) is 28.2 Å². The molecule has 3 rings (SSSR count). The van der Waals surface area contributed by atoms with Crippen molar-refractivity contribution in [3.8, 4) is 0 Å². The molecule has 0 unspecified atom stereocenters. The van der Waals surface area contributed by atoms with Crippen molar-refractivity contribution in [3.63, 3.8) is 0 Å². The fraction of sp³-hybridized carbons (Fsp3) is 0.588. The summed E-state index contributed by atoms with van der Waals surface area (Å²) < 4.78 is 0. The number of H-pyrrole nitrogens is 1. The monoisotopic (exact) mass is 365 g/mol. The number of rotatable bonds is 7. The second-order valence-corrected chi connectivity index (χ2v) is 8.64. The molecule has 1 aliphatic carbocycles. The molecule has 2 aromatic heterocycles. The number of aromatic amines is 1. The molecule has 0 saturated carbocycles. The molecule has 0 spiro atoms. The first-order chi connectivity index (χ1) is 11.5. The van der Waals surface area contributed by atoms with Gasteiger partial charge < -0.3 is 10.3 Å². The maximum Gasteiger partial charge on any atom is 0.259 e. The van der Waals surface area contributed by atoms with Crippen molar-refractivity contribution in [1.82, 2.24) is 15.3 Å². The van der Waals surface area contributed by atoms with E-state index in [0.717, 1.165) is 42.4 Å². The van der Waals surface area contributed by atoms with E-state index in [-0.39, 0.29) is 11.5 Å². The molecule has 24 heavy (non-hydrogen) atoms. The van der Waals surface area contributed by atoms with Crippen LogP contribution in [0, 0.1) is 5.92 Å². The third-order valence-corrected chi connectivity index (χ3v) is 6.27. The molecule has 5 nitrogen and oxygen atoms in total. The molecule has 7 heteroatoms. The fourth-order valence-corrected chi connectivity index (χ4v) is 4.91. The van der Waals surface area contributed by atoms with Gasteiger partial charge in [0.05, 0.1) is 16.9 Å². The van der Waals surface area contributed by atoms with Gasteiger partial charge in [-0.15, -0.1) is 23.1 Å². The van der Waals surface area contributed by atoms with E-state index in [1.807, 2.05) is 0 Å². The first-order valence-electron chi connectivity index (χ1n) is 8.42. The molecule has 0 radical (unpaired) electrons. The van der Waals surface area contributed by atoms with Crippen molar-refractivity contribution >= 4 is 39.2 Å². The molecule has 1 amide bonds. The second-order valence-electron chi connectivity index (χ2n) is 6.58. The highest BCUT2D eigenvalue weighted by molar-refractivity contribution is 7.99. The number of thiophene rings is 1. The lowest BCUT2D eigenvalue weighted by Gasteiger charge is -2.07. The highest BCUT2D eigenvalue weighted by atomic mass is 32.2. The highest BCUT2D eigenvalue weighted by Gasteiger charge is 2.21. The molecule has 2 aromatic rings. The smallest absolute Gasteiger partial charge is 0.259 e. The predicted molar refractivity (Wildman–Crippen MR) is 101 cm³/mol. The average Bonchev–Trinajstić information content (AvgIpc) is 3.06. The van der Waals surface area contributed by atoms with Gasteiger partial charge >= 0.3 is 0 Å². The number of thioether (sulfide) groups is 1. The summed E-state index contributed by atoms with van der Waals surface area (Å²) in [5.41, 5.74) is 1.17. The number of aromatic nitrogens is 2. The van der Waals surface area contributed by atoms with Crippen molar-refractivity contribution in [2.75, 3.05) is 12.3 Å². The van der Waals surface area contributed by atoms with Gasteiger partial charge in [-0.05, 0) is 37.2 Å². The van der Waals surface area contributed by atoms with Crippen LogP contribution in [0.25, 0.3) is 10.2 Å². The summed E-state index contributed by atoms with van der Waals surface area (Å²) >= 11 is 3.13. The molecule has 1 aliphatic rings. The largest absolute Gasteiger partial charge is 0.355 e. The Morgan fingerprint density at radius 1 is 1.42 bits per heavy atom. The van der Waals surface area contributed by atoms with Gasteiger partial charge in [-0.1, -0.05) is 13.8 Å². The van der Waals surface area contributed by atoms with Gasteiger partial charge in [0.15, 0.2) is 0 Å². The Morgan fingerprint density at radius 2 is 2.25 bits per heavy atom. The van der Waals surface area contributed by atoms with Crippen LogP contribution < -0.4 is 10.9 Å². The Kier molecular flexibility index (Phi) is 5.61. The molecule has 0 bridgehead atoms. The first kappa shape index (κ1) is 17.5. The summed E-state index contributed by atoms with van der Waals surface area (Å²) in [5, 5.41) is 3.70. The molecule has 0 aromatic carbocycles. The minimum atomic E-state index is -0.0311. The number of aryl methyl sites for hydroxylation is 2. The van der Waals surface area contributed by atoms with Gasteiger partial charge in [0, 0.05) is 11.4 Å². The number of carbonyl (C=O) groups is 1. The highest BCUT2D eigenvalue weighted by Crippen LogP contribution is 2.34. The molecule has 0 aliphatic heterocycles. The Balaban J connectivity index is 1.56. The second kappa shape index (κ2) is 7.70. The maximum atomic E-state index is 12.3. The summed E-state index contributed by atoms with van der Waals surface area (Å²) in [6, 6.07) is 0. The SMILES string of the molecule is CC(C)CCNC(=O)CSCc1nc2sc3c(c2c(=O)[nH]1)CCC3. The summed E-state index contributed by atoms with van der Waals surface area (Å²) in [4.78, 5) is 33.8. The Labute approximate surface area is 149 Å². The number of amides is 1. The molecule has 0 saturated heterocycles. The van der Waals surface area contributed by atoms with Crippen LogP contribution in [0.15, 0.2) is 4.79 Å². The Bertz CT molecular complexity index is 795. The van der Waals surface area contributed by atoms with Gasteiger partial charge in [-0.25, -0.2) is 4.98 Å². The van der Waals surface area contributed by atoms with Gasteiger partial charge in [-0.2, -0.15) is 0 Å². The van der Waals surface area contributed by atoms with Crippen LogP contribution in [0.4, 0.5) is 0 Å². The maximum absolute atomic E-state index is 12.3. The van der Waals surface area contributed by atoms with Crippen molar-refractivity contribution in [1.29, 1.82) is 0 Å². The van der Waals surface area contributed by atoms with Crippen molar-refractivity contribution in [2.24, 2.45) is 5.92 Å². The van der Waals surface area contributed by atoms with Gasteiger partial charge in [0.2, 0.25) is 5.91 Å². The number of hydrogen-bond donors (Lipinski definition) is 2. The zero-order valence-electron chi connectivity index (χ0n) is 14.1. The molecule has 2 N–H and O–H groups in total. The van der Waals surface area contributed by atoms with Gasteiger partial charge in [-0.3, -0.25) is 9.59 Å². The summed E-state index contributed by atoms with van der Waals surface area (Å²) in [6.07, 6.45) is 4.19.